The van der Waals surface area contributed by atoms with Gasteiger partial charge in [0.05, 0.1) is 0 Å². The van der Waals surface area contributed by atoms with E-state index in [4.69, 9.17) is 5.11 Å². The molecule has 0 aromatic heterocycles. The standard InChI is InChI=1S/C16H17FN2O2/c1-2-18-16(21)12-4-6-13(7-5-12)19-10-11-3-8-15(20)14(17)9-11/h3-9,19-20H,2,10H2,1H3,(H,18,21). The number of phenols is 1. The van der Waals surface area contributed by atoms with Crippen LogP contribution in [-0.2, 0) is 6.54 Å². The predicted molar refractivity (Wildman–Crippen MR) is 79.8 cm³/mol. The lowest BCUT2D eigenvalue weighted by atomic mass is 10.1. The van der Waals surface area contributed by atoms with Crippen LogP contribution >= 0.6 is 0 Å². The van der Waals surface area contributed by atoms with Gasteiger partial charge < -0.3 is 15.7 Å². The average molecular weight is 288 g/mol. The second kappa shape index (κ2) is 6.74. The third-order valence-corrected chi connectivity index (χ3v) is 2.99. The van der Waals surface area contributed by atoms with E-state index in [2.05, 4.69) is 10.6 Å². The van der Waals surface area contributed by atoms with Gasteiger partial charge in [-0.05, 0) is 48.9 Å². The van der Waals surface area contributed by atoms with Crippen LogP contribution in [-0.4, -0.2) is 17.6 Å². The third-order valence-electron chi connectivity index (χ3n) is 2.99. The second-order valence-corrected chi connectivity index (χ2v) is 4.58. The molecule has 1 amide bonds. The van der Waals surface area contributed by atoms with Crippen LogP contribution in [0.15, 0.2) is 42.5 Å². The molecule has 21 heavy (non-hydrogen) atoms. The molecule has 110 valence electrons. The van der Waals surface area contributed by atoms with Crippen LogP contribution in [0.4, 0.5) is 10.1 Å². The fourth-order valence-electron chi connectivity index (χ4n) is 1.87. The van der Waals surface area contributed by atoms with E-state index in [1.165, 1.54) is 12.1 Å². The van der Waals surface area contributed by atoms with Gasteiger partial charge in [-0.1, -0.05) is 6.07 Å². The monoisotopic (exact) mass is 288 g/mol. The summed E-state index contributed by atoms with van der Waals surface area (Å²) in [6.07, 6.45) is 0. The number of amides is 1. The molecule has 0 saturated carbocycles. The van der Waals surface area contributed by atoms with Gasteiger partial charge >= 0.3 is 0 Å². The predicted octanol–water partition coefficient (Wildman–Crippen LogP) is 2.89. The van der Waals surface area contributed by atoms with Crippen LogP contribution in [0.2, 0.25) is 0 Å². The summed E-state index contributed by atoms with van der Waals surface area (Å²) in [4.78, 5) is 11.6. The van der Waals surface area contributed by atoms with Crippen LogP contribution in [0.1, 0.15) is 22.8 Å². The highest BCUT2D eigenvalue weighted by Crippen LogP contribution is 2.17. The zero-order valence-corrected chi connectivity index (χ0v) is 11.7. The van der Waals surface area contributed by atoms with Crippen molar-refractivity contribution in [1.82, 2.24) is 5.32 Å². The Morgan fingerprint density at radius 1 is 1.19 bits per heavy atom. The van der Waals surface area contributed by atoms with E-state index in [1.807, 2.05) is 6.92 Å². The van der Waals surface area contributed by atoms with Gasteiger partial charge in [0.1, 0.15) is 0 Å². The molecule has 4 nitrogen and oxygen atoms in total. The van der Waals surface area contributed by atoms with Crippen molar-refractivity contribution in [3.8, 4) is 5.75 Å². The summed E-state index contributed by atoms with van der Waals surface area (Å²) >= 11 is 0. The molecule has 0 aliphatic heterocycles. The van der Waals surface area contributed by atoms with Gasteiger partial charge in [-0.25, -0.2) is 4.39 Å². The number of phenolic OH excluding ortho intramolecular Hbond substituents is 1. The van der Waals surface area contributed by atoms with E-state index in [1.54, 1.807) is 30.3 Å². The minimum absolute atomic E-state index is 0.107. The average Bonchev–Trinajstić information content (AvgIpc) is 2.49. The zero-order chi connectivity index (χ0) is 15.2. The van der Waals surface area contributed by atoms with Gasteiger partial charge in [-0.3, -0.25) is 4.79 Å². The quantitative estimate of drug-likeness (QED) is 0.793. The molecular formula is C16H17FN2O2. The molecule has 2 aromatic rings. The zero-order valence-electron chi connectivity index (χ0n) is 11.7. The fraction of sp³-hybridized carbons (Fsp3) is 0.188. The molecular weight excluding hydrogens is 271 g/mol. The highest BCUT2D eigenvalue weighted by molar-refractivity contribution is 5.94. The summed E-state index contributed by atoms with van der Waals surface area (Å²) in [6.45, 7) is 2.88. The molecule has 0 heterocycles. The summed E-state index contributed by atoms with van der Waals surface area (Å²) in [5.74, 6) is -1.10. The van der Waals surface area contributed by atoms with Gasteiger partial charge in [0.25, 0.3) is 5.91 Å². The Kier molecular flexibility index (Phi) is 4.77. The summed E-state index contributed by atoms with van der Waals surface area (Å²) < 4.78 is 13.2. The molecule has 5 heteroatoms. The van der Waals surface area contributed by atoms with E-state index in [-0.39, 0.29) is 11.7 Å². The lowest BCUT2D eigenvalue weighted by molar-refractivity contribution is 0.0956. The van der Waals surface area contributed by atoms with E-state index in [0.717, 1.165) is 11.3 Å². The van der Waals surface area contributed by atoms with Crippen molar-refractivity contribution in [2.45, 2.75) is 13.5 Å². The largest absolute Gasteiger partial charge is 0.505 e. The topological polar surface area (TPSA) is 61.4 Å². The molecule has 2 rings (SSSR count). The van der Waals surface area contributed by atoms with Crippen LogP contribution in [0.25, 0.3) is 0 Å². The van der Waals surface area contributed by atoms with Crippen LogP contribution in [0.5, 0.6) is 5.75 Å². The number of hydrogen-bond acceptors (Lipinski definition) is 3. The maximum atomic E-state index is 13.2. The summed E-state index contributed by atoms with van der Waals surface area (Å²) in [6, 6.07) is 11.3. The lowest BCUT2D eigenvalue weighted by Gasteiger charge is -2.08. The number of benzene rings is 2. The maximum absolute atomic E-state index is 13.2. The Morgan fingerprint density at radius 3 is 2.52 bits per heavy atom. The first-order valence-corrected chi connectivity index (χ1v) is 6.69. The van der Waals surface area contributed by atoms with Crippen molar-refractivity contribution in [3.63, 3.8) is 0 Å². The maximum Gasteiger partial charge on any atom is 0.251 e. The Hall–Kier alpha value is -2.56. The highest BCUT2D eigenvalue weighted by Gasteiger charge is 2.04. The van der Waals surface area contributed by atoms with Crippen molar-refractivity contribution < 1.29 is 14.3 Å². The Balaban J connectivity index is 1.97. The minimum Gasteiger partial charge on any atom is -0.505 e. The lowest BCUT2D eigenvalue weighted by Crippen LogP contribution is -2.22. The van der Waals surface area contributed by atoms with Gasteiger partial charge in [-0.15, -0.1) is 0 Å². The molecule has 0 atom stereocenters. The van der Waals surface area contributed by atoms with Crippen molar-refractivity contribution in [3.05, 3.63) is 59.4 Å². The van der Waals surface area contributed by atoms with Crippen molar-refractivity contribution in [2.75, 3.05) is 11.9 Å². The molecule has 3 N–H and O–H groups in total. The van der Waals surface area contributed by atoms with E-state index < -0.39 is 5.82 Å². The number of carbonyl (C=O) groups is 1. The van der Waals surface area contributed by atoms with E-state index in [9.17, 15) is 9.18 Å². The normalized spacial score (nSPS) is 10.2. The molecule has 0 spiro atoms. The smallest absolute Gasteiger partial charge is 0.251 e. The van der Waals surface area contributed by atoms with Gasteiger partial charge in [0, 0.05) is 24.3 Å². The Morgan fingerprint density at radius 2 is 1.90 bits per heavy atom. The van der Waals surface area contributed by atoms with Gasteiger partial charge in [0.2, 0.25) is 0 Å². The van der Waals surface area contributed by atoms with Crippen molar-refractivity contribution >= 4 is 11.6 Å². The number of hydrogen-bond donors (Lipinski definition) is 3. The first-order chi connectivity index (χ1) is 10.1. The number of nitrogens with one attached hydrogen (secondary N) is 2. The molecule has 2 aromatic carbocycles. The number of halogens is 1. The fourth-order valence-corrected chi connectivity index (χ4v) is 1.87. The van der Waals surface area contributed by atoms with Gasteiger partial charge in [-0.2, -0.15) is 0 Å². The van der Waals surface area contributed by atoms with Crippen LogP contribution in [0.3, 0.4) is 0 Å². The molecule has 0 radical (unpaired) electrons. The minimum atomic E-state index is -0.638. The first-order valence-electron chi connectivity index (χ1n) is 6.69. The summed E-state index contributed by atoms with van der Waals surface area (Å²) in [5, 5.41) is 15.0. The Bertz CT molecular complexity index is 627. The molecule has 0 aliphatic rings. The van der Waals surface area contributed by atoms with Crippen molar-refractivity contribution in [1.29, 1.82) is 0 Å². The van der Waals surface area contributed by atoms with Crippen LogP contribution in [0, 0.1) is 5.82 Å². The van der Waals surface area contributed by atoms with Crippen LogP contribution < -0.4 is 10.6 Å². The molecule has 0 bridgehead atoms. The third kappa shape index (κ3) is 3.95. The Labute approximate surface area is 122 Å². The first kappa shape index (κ1) is 14.8. The van der Waals surface area contributed by atoms with E-state index in [0.29, 0.717) is 18.7 Å². The number of rotatable bonds is 5. The van der Waals surface area contributed by atoms with Gasteiger partial charge in [0.15, 0.2) is 11.6 Å². The van der Waals surface area contributed by atoms with Crippen molar-refractivity contribution in [2.24, 2.45) is 0 Å². The highest BCUT2D eigenvalue weighted by atomic mass is 19.1. The number of anilines is 1. The number of aromatic hydroxyl groups is 1. The summed E-state index contributed by atoms with van der Waals surface area (Å²) in [5.41, 5.74) is 2.15. The SMILES string of the molecule is CCNC(=O)c1ccc(NCc2ccc(O)c(F)c2)cc1. The second-order valence-electron chi connectivity index (χ2n) is 4.58. The molecule has 0 saturated heterocycles. The van der Waals surface area contributed by atoms with E-state index >= 15 is 0 Å². The molecule has 0 unspecified atom stereocenters. The summed E-state index contributed by atoms with van der Waals surface area (Å²) in [7, 11) is 0. The number of carbonyl (C=O) groups excluding carboxylic acids is 1. The molecule has 0 fully saturated rings. The molecule has 0 aliphatic carbocycles.